The highest BCUT2D eigenvalue weighted by Crippen LogP contribution is 2.41. The van der Waals surface area contributed by atoms with Crippen LogP contribution in [0.25, 0.3) is 5.57 Å². The minimum absolute atomic E-state index is 0.00959. The average Bonchev–Trinajstić information content (AvgIpc) is 3.23. The number of aromatic nitrogens is 2. The van der Waals surface area contributed by atoms with Crippen LogP contribution in [0.15, 0.2) is 35.1 Å². The first-order valence-corrected chi connectivity index (χ1v) is 11.6. The zero-order chi connectivity index (χ0) is 29.2. The topological polar surface area (TPSA) is 134 Å². The number of nitrogens with zero attached hydrogens (tertiary/aromatic N) is 2. The number of esters is 1. The number of ether oxygens (including phenoxy) is 7. The Bertz CT molecular complexity index is 1200. The summed E-state index contributed by atoms with van der Waals surface area (Å²) < 4.78 is 75.7. The summed E-state index contributed by atoms with van der Waals surface area (Å²) in [5, 5.41) is 3.87. The van der Waals surface area contributed by atoms with Crippen molar-refractivity contribution >= 4 is 39.8 Å². The Balaban J connectivity index is 2.41. The molecule has 2 aromatic rings. The van der Waals surface area contributed by atoms with Crippen LogP contribution in [0.4, 0.5) is 22.8 Å². The second-order valence-electron chi connectivity index (χ2n) is 7.31. The maximum absolute atomic E-state index is 14.0. The lowest BCUT2D eigenvalue weighted by Crippen LogP contribution is -2.30. The lowest BCUT2D eigenvalue weighted by Gasteiger charge is -2.17. The van der Waals surface area contributed by atoms with E-state index in [1.807, 2.05) is 0 Å². The molecule has 0 aliphatic carbocycles. The Kier molecular flexibility index (Phi) is 11.4. The zero-order valence-electron chi connectivity index (χ0n) is 21.1. The Morgan fingerprint density at radius 1 is 1.05 bits per heavy atom. The summed E-state index contributed by atoms with van der Waals surface area (Å²) in [4.78, 5) is 35.1. The highest BCUT2D eigenvalue weighted by molar-refractivity contribution is 9.10. The molecule has 214 valence electrons. The van der Waals surface area contributed by atoms with Gasteiger partial charge in [0, 0.05) is 0 Å². The highest BCUT2D eigenvalue weighted by atomic mass is 79.9. The molecule has 1 unspecified atom stereocenters. The molecule has 39 heavy (non-hydrogen) atoms. The minimum Gasteiger partial charge on any atom is -0.503 e. The number of alkyl halides is 3. The normalized spacial score (nSPS) is 12.3. The van der Waals surface area contributed by atoms with E-state index in [0.717, 1.165) is 32.3 Å². The van der Waals surface area contributed by atoms with Crippen LogP contribution in [0.5, 0.6) is 5.88 Å². The SMILES string of the molecule is CO/C=C(/C(=O)OC)c1ccccc1COc1nn(CC(COC(=O)OC)OC(=O)OC)c(Br)c1C(F)(F)F. The van der Waals surface area contributed by atoms with Gasteiger partial charge in [0.25, 0.3) is 0 Å². The maximum Gasteiger partial charge on any atom is 0.508 e. The number of hydrogen-bond acceptors (Lipinski definition) is 11. The molecule has 0 spiro atoms. The fourth-order valence-corrected chi connectivity index (χ4v) is 3.72. The predicted octanol–water partition coefficient (Wildman–Crippen LogP) is 4.34. The number of carbonyl (C=O) groups is 3. The molecule has 1 heterocycles. The molecular formula is C23H24BrF3N2O10. The standard InChI is InChI=1S/C23H24BrF3N2O10/c1-33-12-16(20(30)34-2)15-8-6-5-7-13(15)10-37-19-17(23(25,26)27)18(24)29(28-19)9-14(39-22(32)36-4)11-38-21(31)35-3/h5-8,12,14H,9-11H2,1-4H3/b16-12+. The average molecular weight is 625 g/mol. The minimum atomic E-state index is -4.92. The van der Waals surface area contributed by atoms with Crippen molar-refractivity contribution in [2.24, 2.45) is 0 Å². The molecule has 0 saturated heterocycles. The summed E-state index contributed by atoms with van der Waals surface area (Å²) in [6, 6.07) is 6.27. The van der Waals surface area contributed by atoms with Crippen molar-refractivity contribution in [3.8, 4) is 5.88 Å². The molecule has 0 aliphatic heterocycles. The van der Waals surface area contributed by atoms with Gasteiger partial charge in [0.2, 0.25) is 5.88 Å². The molecule has 0 amide bonds. The summed E-state index contributed by atoms with van der Waals surface area (Å²) in [6.45, 7) is -1.52. The van der Waals surface area contributed by atoms with E-state index >= 15 is 0 Å². The largest absolute Gasteiger partial charge is 0.508 e. The highest BCUT2D eigenvalue weighted by Gasteiger charge is 2.41. The molecule has 1 atom stereocenters. The molecular weight excluding hydrogens is 601 g/mol. The third kappa shape index (κ3) is 8.53. The Morgan fingerprint density at radius 2 is 1.72 bits per heavy atom. The van der Waals surface area contributed by atoms with Crippen LogP contribution >= 0.6 is 15.9 Å². The van der Waals surface area contributed by atoms with Gasteiger partial charge in [-0.2, -0.15) is 13.2 Å². The van der Waals surface area contributed by atoms with E-state index in [4.69, 9.17) is 23.7 Å². The molecule has 12 nitrogen and oxygen atoms in total. The van der Waals surface area contributed by atoms with Gasteiger partial charge in [-0.15, -0.1) is 5.10 Å². The van der Waals surface area contributed by atoms with Crippen molar-refractivity contribution < 1.29 is 60.7 Å². The number of benzene rings is 1. The Labute approximate surface area is 228 Å². The summed E-state index contributed by atoms with van der Waals surface area (Å²) in [5.41, 5.74) is -0.630. The number of rotatable bonds is 11. The first kappa shape index (κ1) is 31.3. The van der Waals surface area contributed by atoms with Gasteiger partial charge < -0.3 is 33.2 Å². The van der Waals surface area contributed by atoms with Crippen LogP contribution < -0.4 is 4.74 Å². The van der Waals surface area contributed by atoms with Crippen LogP contribution in [-0.4, -0.2) is 69.2 Å². The number of hydrogen-bond donors (Lipinski definition) is 0. The van der Waals surface area contributed by atoms with Crippen molar-refractivity contribution in [1.82, 2.24) is 9.78 Å². The van der Waals surface area contributed by atoms with Crippen molar-refractivity contribution in [2.45, 2.75) is 25.4 Å². The molecule has 1 aromatic heterocycles. The Hall–Kier alpha value is -3.95. The third-order valence-corrected chi connectivity index (χ3v) is 5.62. The molecule has 0 bridgehead atoms. The van der Waals surface area contributed by atoms with Crippen LogP contribution in [0, 0.1) is 0 Å². The van der Waals surface area contributed by atoms with Gasteiger partial charge in [-0.1, -0.05) is 24.3 Å². The van der Waals surface area contributed by atoms with E-state index in [1.165, 1.54) is 19.2 Å². The van der Waals surface area contributed by atoms with Gasteiger partial charge in [0.05, 0.1) is 41.2 Å². The zero-order valence-corrected chi connectivity index (χ0v) is 22.7. The molecule has 16 heteroatoms. The number of methoxy groups -OCH3 is 4. The Morgan fingerprint density at radius 3 is 2.31 bits per heavy atom. The van der Waals surface area contributed by atoms with Gasteiger partial charge in [0.1, 0.15) is 23.4 Å². The van der Waals surface area contributed by atoms with Gasteiger partial charge in [-0.25, -0.2) is 14.4 Å². The number of halogens is 4. The van der Waals surface area contributed by atoms with Crippen LogP contribution in [0.1, 0.15) is 16.7 Å². The smallest absolute Gasteiger partial charge is 0.503 e. The monoisotopic (exact) mass is 624 g/mol. The lowest BCUT2D eigenvalue weighted by molar-refractivity contribution is -0.139. The van der Waals surface area contributed by atoms with E-state index in [9.17, 15) is 27.6 Å². The predicted molar refractivity (Wildman–Crippen MR) is 128 cm³/mol. The second kappa shape index (κ2) is 14.3. The molecule has 2 rings (SSSR count). The summed E-state index contributed by atoms with van der Waals surface area (Å²) in [6.07, 6.45) is -7.38. The third-order valence-electron chi connectivity index (χ3n) is 4.81. The molecule has 0 radical (unpaired) electrons. The fraction of sp³-hybridized carbons (Fsp3) is 0.391. The van der Waals surface area contributed by atoms with E-state index in [2.05, 4.69) is 30.5 Å². The number of carbonyl (C=O) groups excluding carboxylic acids is 3. The first-order chi connectivity index (χ1) is 18.5. The van der Waals surface area contributed by atoms with Gasteiger partial charge >= 0.3 is 24.5 Å². The summed E-state index contributed by atoms with van der Waals surface area (Å²) in [5.74, 6) is -1.55. The van der Waals surface area contributed by atoms with E-state index in [1.54, 1.807) is 12.1 Å². The van der Waals surface area contributed by atoms with Gasteiger partial charge in [-0.3, -0.25) is 4.68 Å². The van der Waals surface area contributed by atoms with Crippen LogP contribution in [0.3, 0.4) is 0 Å². The molecule has 0 fully saturated rings. The molecule has 0 saturated carbocycles. The van der Waals surface area contributed by atoms with Crippen molar-refractivity contribution in [3.05, 3.63) is 51.8 Å². The van der Waals surface area contributed by atoms with E-state index < -0.39 is 66.4 Å². The molecule has 0 aliphatic rings. The maximum atomic E-state index is 14.0. The molecule has 0 N–H and O–H groups in total. The fourth-order valence-electron chi connectivity index (χ4n) is 3.11. The summed E-state index contributed by atoms with van der Waals surface area (Å²) >= 11 is 2.87. The quantitative estimate of drug-likeness (QED) is 0.153. The van der Waals surface area contributed by atoms with Gasteiger partial charge in [-0.05, 0) is 27.1 Å². The van der Waals surface area contributed by atoms with Crippen LogP contribution in [-0.2, 0) is 52.5 Å². The van der Waals surface area contributed by atoms with E-state index in [0.29, 0.717) is 11.1 Å². The first-order valence-electron chi connectivity index (χ1n) is 10.8. The molecule has 1 aromatic carbocycles. The van der Waals surface area contributed by atoms with Crippen LogP contribution in [0.2, 0.25) is 0 Å². The van der Waals surface area contributed by atoms with E-state index in [-0.39, 0.29) is 5.57 Å². The van der Waals surface area contributed by atoms with Crippen molar-refractivity contribution in [1.29, 1.82) is 0 Å². The summed E-state index contributed by atoms with van der Waals surface area (Å²) in [7, 11) is 4.54. The van der Waals surface area contributed by atoms with Gasteiger partial charge in [0.15, 0.2) is 11.7 Å². The lowest BCUT2D eigenvalue weighted by atomic mass is 10.0. The van der Waals surface area contributed by atoms with Crippen molar-refractivity contribution in [2.75, 3.05) is 35.0 Å². The second-order valence-corrected chi connectivity index (χ2v) is 8.07. The van der Waals surface area contributed by atoms with Crippen molar-refractivity contribution in [3.63, 3.8) is 0 Å².